The van der Waals surface area contributed by atoms with Crippen LogP contribution in [0.15, 0.2) is 60.7 Å². The minimum Gasteiger partial charge on any atom is -0.382 e. The van der Waals surface area contributed by atoms with Crippen molar-refractivity contribution in [3.05, 3.63) is 60.7 Å². The maximum absolute atomic E-state index is 19.1. The van der Waals surface area contributed by atoms with E-state index in [1.165, 1.54) is 10.6 Å². The Morgan fingerprint density at radius 1 is 0.607 bits per heavy atom. The van der Waals surface area contributed by atoms with Crippen LogP contribution in [0.25, 0.3) is 0 Å². The Balaban J connectivity index is 0.00000113. The van der Waals surface area contributed by atoms with Crippen LogP contribution in [-0.2, 0) is 4.74 Å². The van der Waals surface area contributed by atoms with Crippen LogP contribution in [0, 0.1) is 0 Å². The second kappa shape index (κ2) is 15.9. The number of halogens is 1. The van der Waals surface area contributed by atoms with Crippen molar-refractivity contribution < 1.29 is 12.8 Å². The standard InChI is InChI=1S/C40H70FN6P3Si.C4H10O/c1-31(2)42-27-28-43(32(3)4)48(42,35-23-19-17-20-24-35)37-38(50(37)46(39(9,10)11)51(15,16,41)47(50)40(12,13)14)49(36-25-21-18-22-26-36)44(33(5)6)29-30-45(49)34(7)8;1-3-5-4-2/h17-26,31-34H,27-30H2,1-16H3;3-4H2,1-2H3. The molecule has 4 heterocycles. The Hall–Kier alpha value is -0.823. The Kier molecular flexibility index (Phi) is 13.1. The molecule has 0 atom stereocenters. The number of hydrogen-bond acceptors (Lipinski definition) is 6. The Morgan fingerprint density at radius 3 is 1.12 bits per heavy atom. The van der Waals surface area contributed by atoms with Crippen molar-refractivity contribution >= 4 is 50.3 Å². The number of rotatable bonds is 8. The molecule has 2 aromatic carbocycles. The Bertz CT molecular complexity index is 1760. The average Bonchev–Trinajstić information content (AvgIpc) is 3.38. The summed E-state index contributed by atoms with van der Waals surface area (Å²) in [5, 5.41) is 6.17. The van der Waals surface area contributed by atoms with E-state index in [2.05, 4.69) is 185 Å². The fourth-order valence-electron chi connectivity index (χ4n) is 11.4. The monoisotopic (exact) mass is 849 g/mol. The van der Waals surface area contributed by atoms with Gasteiger partial charge in [0, 0.05) is 13.2 Å². The minimum atomic E-state index is -4.42. The quantitative estimate of drug-likeness (QED) is 0.149. The fraction of sp³-hybridized carbons (Fsp3) is 0.682. The first-order chi connectivity index (χ1) is 25.9. The van der Waals surface area contributed by atoms with Gasteiger partial charge in [-0.1, -0.05) is 0 Å². The molecule has 1 spiro atoms. The molecule has 7 nitrogen and oxygen atoms in total. The average molecular weight is 849 g/mol. The SMILES string of the molecule is CC(C)N1CCN(C(C)C)P1(=C1C(=P2(c3ccccc3)N(C(C)C)CCN2C(C)C)P12=[N+](C(C)(C)C)[Si-](C)(C)(F)N2C(C)(C)C)c1ccccc1.CCOCC. The number of hydrogen-bond donors (Lipinski definition) is 0. The van der Waals surface area contributed by atoms with E-state index in [1.807, 2.05) is 26.9 Å². The molecule has 4 aliphatic rings. The van der Waals surface area contributed by atoms with Crippen molar-refractivity contribution in [1.29, 1.82) is 0 Å². The summed E-state index contributed by atoms with van der Waals surface area (Å²) in [4.78, 5) is 0. The summed E-state index contributed by atoms with van der Waals surface area (Å²) in [6.07, 6.45) is 0. The van der Waals surface area contributed by atoms with Crippen LogP contribution in [0.5, 0.6) is 0 Å². The van der Waals surface area contributed by atoms with E-state index < -0.39 is 29.6 Å². The predicted molar refractivity (Wildman–Crippen MR) is 253 cm³/mol. The molecule has 12 heteroatoms. The molecule has 56 heavy (non-hydrogen) atoms. The molecule has 2 aromatic rings. The van der Waals surface area contributed by atoms with E-state index in [1.54, 1.807) is 10.1 Å². The van der Waals surface area contributed by atoms with E-state index in [4.69, 9.17) is 4.74 Å². The van der Waals surface area contributed by atoms with Gasteiger partial charge in [-0.05, 0) is 13.8 Å². The van der Waals surface area contributed by atoms with Crippen LogP contribution in [0.2, 0.25) is 13.1 Å². The molecule has 318 valence electrons. The van der Waals surface area contributed by atoms with E-state index in [0.717, 1.165) is 39.4 Å². The molecule has 6 rings (SSSR count). The summed E-state index contributed by atoms with van der Waals surface area (Å²) < 4.78 is 40.9. The van der Waals surface area contributed by atoms with Crippen molar-refractivity contribution in [3.8, 4) is 0 Å². The molecular formula is C44H80FN6OP3Si. The molecule has 3 fully saturated rings. The van der Waals surface area contributed by atoms with Crippen molar-refractivity contribution in [2.24, 2.45) is 0 Å². The van der Waals surface area contributed by atoms with E-state index in [0.29, 0.717) is 24.2 Å². The molecule has 0 amide bonds. The molecule has 0 radical (unpaired) electrons. The van der Waals surface area contributed by atoms with Crippen LogP contribution < -0.4 is 10.6 Å². The molecule has 0 bridgehead atoms. The van der Waals surface area contributed by atoms with Crippen LogP contribution in [-0.4, -0.2) is 120 Å². The molecule has 0 N–H and O–H groups in total. The second-order valence-electron chi connectivity index (χ2n) is 19.9. The normalized spacial score (nSPS) is 24.6. The van der Waals surface area contributed by atoms with E-state index in [-0.39, 0.29) is 11.1 Å². The third-order valence-electron chi connectivity index (χ3n) is 12.0. The predicted octanol–water partition coefficient (Wildman–Crippen LogP) is 10.7. The topological polar surface area (TPSA) is 28.4 Å². The zero-order valence-electron chi connectivity index (χ0n) is 38.6. The molecule has 3 saturated heterocycles. The zero-order valence-corrected chi connectivity index (χ0v) is 42.3. The molecule has 0 aliphatic carbocycles. The van der Waals surface area contributed by atoms with E-state index >= 15 is 4.11 Å². The first-order valence-electron chi connectivity index (χ1n) is 21.6. The van der Waals surface area contributed by atoms with Gasteiger partial charge in [-0.25, -0.2) is 0 Å². The van der Waals surface area contributed by atoms with Crippen molar-refractivity contribution in [3.63, 3.8) is 0 Å². The first-order valence-corrected chi connectivity index (χ1v) is 30.0. The summed E-state index contributed by atoms with van der Waals surface area (Å²) in [6.45, 7) is 47.0. The van der Waals surface area contributed by atoms with Gasteiger partial charge in [-0.15, -0.1) is 0 Å². The van der Waals surface area contributed by atoms with Crippen molar-refractivity contribution in [2.45, 2.75) is 159 Å². The summed E-state index contributed by atoms with van der Waals surface area (Å²) in [7, 11) is -11.8. The third kappa shape index (κ3) is 6.87. The third-order valence-corrected chi connectivity index (χ3v) is 37.8. The van der Waals surface area contributed by atoms with Gasteiger partial charge >= 0.3 is 313 Å². The van der Waals surface area contributed by atoms with Crippen LogP contribution >= 0.6 is 21.6 Å². The smallest absolute Gasteiger partial charge is 0.0437 e. The van der Waals surface area contributed by atoms with Gasteiger partial charge in [0.05, 0.1) is 0 Å². The summed E-state index contributed by atoms with van der Waals surface area (Å²) in [5.74, 6) is 0. The Labute approximate surface area is 344 Å². The summed E-state index contributed by atoms with van der Waals surface area (Å²) in [5.41, 5.74) is -0.738. The minimum absolute atomic E-state index is 0.340. The largest absolute Gasteiger partial charge is 0.382 e. The van der Waals surface area contributed by atoms with E-state index in [9.17, 15) is 0 Å². The summed E-state index contributed by atoms with van der Waals surface area (Å²) in [6, 6.07) is 24.5. The van der Waals surface area contributed by atoms with Gasteiger partial charge in [-0.3, -0.25) is 0 Å². The van der Waals surface area contributed by atoms with Crippen LogP contribution in [0.3, 0.4) is 0 Å². The Morgan fingerprint density at radius 2 is 0.911 bits per heavy atom. The van der Waals surface area contributed by atoms with Crippen LogP contribution in [0.1, 0.15) is 111 Å². The van der Waals surface area contributed by atoms with Crippen LogP contribution in [0.4, 0.5) is 4.11 Å². The number of benzene rings is 2. The zero-order chi connectivity index (χ0) is 42.1. The van der Waals surface area contributed by atoms with Gasteiger partial charge in [0.2, 0.25) is 0 Å². The maximum Gasteiger partial charge on any atom is 0.0437 e. The fourth-order valence-corrected chi connectivity index (χ4v) is 46.5. The second-order valence-corrected chi connectivity index (χ2v) is 35.7. The maximum atomic E-state index is 19.1. The van der Waals surface area contributed by atoms with Gasteiger partial charge in [0.1, 0.15) is 0 Å². The molecule has 0 unspecified atom stereocenters. The first kappa shape index (κ1) is 46.2. The van der Waals surface area contributed by atoms with Crippen molar-refractivity contribution in [1.82, 2.24) is 23.0 Å². The summed E-state index contributed by atoms with van der Waals surface area (Å²) >= 11 is 0. The van der Waals surface area contributed by atoms with Gasteiger partial charge in [0.25, 0.3) is 0 Å². The molecular weight excluding hydrogens is 769 g/mol. The number of ether oxygens (including phenoxy) is 1. The number of nitrogens with zero attached hydrogens (tertiary/aromatic N) is 6. The van der Waals surface area contributed by atoms with Crippen molar-refractivity contribution in [2.75, 3.05) is 39.4 Å². The van der Waals surface area contributed by atoms with Gasteiger partial charge < -0.3 is 4.74 Å². The van der Waals surface area contributed by atoms with Gasteiger partial charge in [-0.2, -0.15) is 0 Å². The molecule has 0 aromatic heterocycles. The molecule has 4 aliphatic heterocycles. The molecule has 0 saturated carbocycles. The van der Waals surface area contributed by atoms with Gasteiger partial charge in [0.15, 0.2) is 0 Å².